The van der Waals surface area contributed by atoms with Crippen molar-refractivity contribution in [3.63, 3.8) is 0 Å². The quantitative estimate of drug-likeness (QED) is 0.447. The van der Waals surface area contributed by atoms with Gasteiger partial charge in [0.05, 0.1) is 6.04 Å². The summed E-state index contributed by atoms with van der Waals surface area (Å²) in [4.78, 5) is 22.5. The second kappa shape index (κ2) is 14.7. The molecular formula is C19H38N2O2. The Morgan fingerprint density at radius 3 is 1.83 bits per heavy atom. The molecule has 0 saturated heterocycles. The highest BCUT2D eigenvalue weighted by Gasteiger charge is 2.13. The van der Waals surface area contributed by atoms with Crippen molar-refractivity contribution in [2.75, 3.05) is 6.54 Å². The van der Waals surface area contributed by atoms with Crippen molar-refractivity contribution in [1.82, 2.24) is 5.32 Å². The van der Waals surface area contributed by atoms with Crippen molar-refractivity contribution in [2.24, 2.45) is 11.7 Å². The molecule has 1 amide bonds. The zero-order valence-electron chi connectivity index (χ0n) is 15.5. The molecular weight excluding hydrogens is 288 g/mol. The highest BCUT2D eigenvalue weighted by atomic mass is 16.2. The van der Waals surface area contributed by atoms with E-state index in [1.807, 2.05) is 0 Å². The van der Waals surface area contributed by atoms with Crippen LogP contribution in [0.25, 0.3) is 0 Å². The Morgan fingerprint density at radius 1 is 0.870 bits per heavy atom. The molecule has 0 saturated carbocycles. The van der Waals surface area contributed by atoms with Crippen molar-refractivity contribution in [1.29, 1.82) is 0 Å². The number of nitrogens with two attached hydrogens (primary N) is 1. The molecule has 0 spiro atoms. The number of Topliss-reactive ketones (excluding diaryl/α,β-unsaturated/α-hetero) is 1. The first-order valence-corrected chi connectivity index (χ1v) is 9.46. The third-order valence-electron chi connectivity index (χ3n) is 4.07. The number of rotatable bonds is 15. The Balaban J connectivity index is 3.27. The number of amides is 1. The van der Waals surface area contributed by atoms with Gasteiger partial charge in [0.15, 0.2) is 0 Å². The summed E-state index contributed by atoms with van der Waals surface area (Å²) in [6.45, 7) is 6.57. The van der Waals surface area contributed by atoms with Gasteiger partial charge in [0.1, 0.15) is 5.78 Å². The minimum atomic E-state index is -0.363. The normalized spacial score (nSPS) is 12.4. The number of ketones is 1. The number of hydrogen-bond acceptors (Lipinski definition) is 3. The van der Waals surface area contributed by atoms with E-state index in [1.165, 1.54) is 44.9 Å². The fourth-order valence-corrected chi connectivity index (χ4v) is 2.69. The van der Waals surface area contributed by atoms with E-state index in [0.717, 1.165) is 32.2 Å². The lowest BCUT2D eigenvalue weighted by molar-refractivity contribution is -0.122. The first-order valence-electron chi connectivity index (χ1n) is 9.46. The Hall–Kier alpha value is -0.900. The molecule has 4 heteroatoms. The van der Waals surface area contributed by atoms with Gasteiger partial charge in [-0.1, -0.05) is 58.8 Å². The topological polar surface area (TPSA) is 72.2 Å². The van der Waals surface area contributed by atoms with E-state index in [2.05, 4.69) is 19.2 Å². The van der Waals surface area contributed by atoms with Gasteiger partial charge in [0, 0.05) is 13.0 Å². The highest BCUT2D eigenvalue weighted by molar-refractivity contribution is 5.81. The third-order valence-corrected chi connectivity index (χ3v) is 4.07. The van der Waals surface area contributed by atoms with Crippen LogP contribution in [0, 0.1) is 5.92 Å². The largest absolute Gasteiger partial charge is 0.355 e. The van der Waals surface area contributed by atoms with Crippen molar-refractivity contribution in [3.8, 4) is 0 Å². The fourth-order valence-electron chi connectivity index (χ4n) is 2.69. The van der Waals surface area contributed by atoms with Gasteiger partial charge in [-0.3, -0.25) is 4.79 Å². The smallest absolute Gasteiger partial charge is 0.236 e. The van der Waals surface area contributed by atoms with Gasteiger partial charge in [-0.15, -0.1) is 0 Å². The molecule has 0 aliphatic carbocycles. The molecule has 0 radical (unpaired) electrons. The van der Waals surface area contributed by atoms with Crippen LogP contribution in [0.15, 0.2) is 0 Å². The summed E-state index contributed by atoms with van der Waals surface area (Å²) < 4.78 is 0. The molecule has 0 aromatic heterocycles. The first-order chi connectivity index (χ1) is 10.9. The zero-order chi connectivity index (χ0) is 17.5. The average Bonchev–Trinajstić information content (AvgIpc) is 2.47. The molecule has 0 aliphatic rings. The molecule has 0 aromatic carbocycles. The predicted molar refractivity (Wildman–Crippen MR) is 97.3 cm³/mol. The lowest BCUT2D eigenvalue weighted by Crippen LogP contribution is -2.41. The Bertz CT molecular complexity index is 316. The minimum Gasteiger partial charge on any atom is -0.355 e. The summed E-state index contributed by atoms with van der Waals surface area (Å²) >= 11 is 0. The summed E-state index contributed by atoms with van der Waals surface area (Å²) in [7, 11) is 0. The molecule has 0 unspecified atom stereocenters. The molecule has 136 valence electrons. The monoisotopic (exact) mass is 326 g/mol. The van der Waals surface area contributed by atoms with Gasteiger partial charge in [-0.05, 0) is 32.1 Å². The number of unbranched alkanes of at least 4 members (excludes halogenated alkanes) is 8. The standard InChI is InChI=1S/C19H38N2O2/c1-16(2)15-18(20)19(23)21-14-12-10-8-6-4-5-7-9-11-13-17(3)22/h16,18H,4-15,20H2,1-3H3,(H,21,23)/t18-/m0/s1. The van der Waals surface area contributed by atoms with Crippen LogP contribution >= 0.6 is 0 Å². The van der Waals surface area contributed by atoms with Crippen LogP contribution in [0.2, 0.25) is 0 Å². The van der Waals surface area contributed by atoms with E-state index in [4.69, 9.17) is 5.73 Å². The summed E-state index contributed by atoms with van der Waals surface area (Å²) in [5.41, 5.74) is 5.83. The molecule has 0 rings (SSSR count). The number of carbonyl (C=O) groups excluding carboxylic acids is 2. The van der Waals surface area contributed by atoms with Crippen LogP contribution in [0.1, 0.15) is 91.4 Å². The lowest BCUT2D eigenvalue weighted by atomic mass is 10.0. The molecule has 0 aromatic rings. The van der Waals surface area contributed by atoms with Crippen molar-refractivity contribution < 1.29 is 9.59 Å². The SMILES string of the molecule is CC(=O)CCCCCCCCCCCNC(=O)[C@@H](N)CC(C)C. The van der Waals surface area contributed by atoms with E-state index in [9.17, 15) is 9.59 Å². The van der Waals surface area contributed by atoms with Crippen molar-refractivity contribution in [3.05, 3.63) is 0 Å². The van der Waals surface area contributed by atoms with Crippen LogP contribution in [-0.4, -0.2) is 24.3 Å². The lowest BCUT2D eigenvalue weighted by Gasteiger charge is -2.14. The van der Waals surface area contributed by atoms with Gasteiger partial charge in [0.25, 0.3) is 0 Å². The first kappa shape index (κ1) is 22.1. The fraction of sp³-hybridized carbons (Fsp3) is 0.895. The Labute approximate surface area is 143 Å². The van der Waals surface area contributed by atoms with Crippen LogP contribution in [0.4, 0.5) is 0 Å². The van der Waals surface area contributed by atoms with Gasteiger partial charge in [0.2, 0.25) is 5.91 Å². The highest BCUT2D eigenvalue weighted by Crippen LogP contribution is 2.10. The van der Waals surface area contributed by atoms with Gasteiger partial charge in [-0.2, -0.15) is 0 Å². The number of hydrogen-bond donors (Lipinski definition) is 2. The molecule has 4 nitrogen and oxygen atoms in total. The molecule has 0 aliphatic heterocycles. The Morgan fingerprint density at radius 2 is 1.35 bits per heavy atom. The van der Waals surface area contributed by atoms with Gasteiger partial charge >= 0.3 is 0 Å². The summed E-state index contributed by atoms with van der Waals surface area (Å²) in [6, 6.07) is -0.363. The Kier molecular flexibility index (Phi) is 14.1. The number of nitrogens with one attached hydrogen (secondary N) is 1. The maximum atomic E-state index is 11.7. The molecule has 3 N–H and O–H groups in total. The van der Waals surface area contributed by atoms with Crippen LogP contribution < -0.4 is 11.1 Å². The second-order valence-electron chi connectivity index (χ2n) is 7.16. The van der Waals surface area contributed by atoms with Crippen molar-refractivity contribution in [2.45, 2.75) is 97.4 Å². The maximum absolute atomic E-state index is 11.7. The van der Waals surface area contributed by atoms with Gasteiger partial charge in [-0.25, -0.2) is 0 Å². The average molecular weight is 327 g/mol. The van der Waals surface area contributed by atoms with Crippen molar-refractivity contribution >= 4 is 11.7 Å². The molecule has 23 heavy (non-hydrogen) atoms. The third kappa shape index (κ3) is 15.8. The van der Waals surface area contributed by atoms with Crippen LogP contribution in [0.5, 0.6) is 0 Å². The molecule has 0 fully saturated rings. The predicted octanol–water partition coefficient (Wildman–Crippen LogP) is 3.97. The van der Waals surface area contributed by atoms with E-state index in [-0.39, 0.29) is 11.9 Å². The molecule has 1 atom stereocenters. The van der Waals surface area contributed by atoms with Gasteiger partial charge < -0.3 is 15.8 Å². The van der Waals surface area contributed by atoms with Crippen LogP contribution in [0.3, 0.4) is 0 Å². The molecule has 0 heterocycles. The number of carbonyl (C=O) groups is 2. The van der Waals surface area contributed by atoms with E-state index >= 15 is 0 Å². The zero-order valence-corrected chi connectivity index (χ0v) is 15.5. The van der Waals surface area contributed by atoms with Crippen LogP contribution in [-0.2, 0) is 9.59 Å². The van der Waals surface area contributed by atoms with E-state index < -0.39 is 0 Å². The van der Waals surface area contributed by atoms with E-state index in [0.29, 0.717) is 11.7 Å². The molecule has 0 bridgehead atoms. The minimum absolute atomic E-state index is 0.00994. The summed E-state index contributed by atoms with van der Waals surface area (Å²) in [6.07, 6.45) is 12.3. The second-order valence-corrected chi connectivity index (χ2v) is 7.16. The maximum Gasteiger partial charge on any atom is 0.236 e. The summed E-state index contributed by atoms with van der Waals surface area (Å²) in [5, 5.41) is 2.93. The summed E-state index contributed by atoms with van der Waals surface area (Å²) in [5.74, 6) is 0.754. The van der Waals surface area contributed by atoms with E-state index in [1.54, 1.807) is 6.92 Å².